The summed E-state index contributed by atoms with van der Waals surface area (Å²) in [5.41, 5.74) is 0. The van der Waals surface area contributed by atoms with Crippen LogP contribution in [0.25, 0.3) is 0 Å². The monoisotopic (exact) mass is 393 g/mol. The fraction of sp³-hybridized carbons (Fsp3) is 0.895. The number of rotatable bonds is 10. The van der Waals surface area contributed by atoms with Gasteiger partial charge in [0.25, 0.3) is 0 Å². The predicted octanol–water partition coefficient (Wildman–Crippen LogP) is 0.344. The molecule has 3 heterocycles. The van der Waals surface area contributed by atoms with Gasteiger partial charge in [-0.3, -0.25) is 9.69 Å². The zero-order valence-corrected chi connectivity index (χ0v) is 17.4. The smallest absolute Gasteiger partial charge is 0.244 e. The number of amides is 1. The lowest BCUT2D eigenvalue weighted by Gasteiger charge is -2.36. The standard InChI is InChI=1S/C19H35N7O2/c1-3-24-8-4-5-18(24)14-25(19(27)15-26-16-20-21-22-26)13-17-6-9-23(10-7-17)11-12-28-2/h16-18H,3-15H2,1-2H3. The first-order valence-corrected chi connectivity index (χ1v) is 10.6. The summed E-state index contributed by atoms with van der Waals surface area (Å²) in [6.45, 7) is 10.3. The Morgan fingerprint density at radius 2 is 2.04 bits per heavy atom. The zero-order chi connectivity index (χ0) is 19.8. The van der Waals surface area contributed by atoms with E-state index in [0.29, 0.717) is 12.0 Å². The van der Waals surface area contributed by atoms with Crippen molar-refractivity contribution >= 4 is 5.91 Å². The Bertz CT molecular complexity index is 575. The van der Waals surface area contributed by atoms with Gasteiger partial charge in [-0.1, -0.05) is 6.92 Å². The van der Waals surface area contributed by atoms with E-state index in [2.05, 4.69) is 37.1 Å². The number of tetrazole rings is 1. The van der Waals surface area contributed by atoms with Gasteiger partial charge in [0.15, 0.2) is 0 Å². The third-order valence-electron chi connectivity index (χ3n) is 6.18. The topological polar surface area (TPSA) is 79.6 Å². The summed E-state index contributed by atoms with van der Waals surface area (Å²) in [5, 5.41) is 11.2. The average molecular weight is 394 g/mol. The van der Waals surface area contributed by atoms with Crippen LogP contribution in [0, 0.1) is 5.92 Å². The second-order valence-electron chi connectivity index (χ2n) is 8.01. The maximum Gasteiger partial charge on any atom is 0.244 e. The third-order valence-corrected chi connectivity index (χ3v) is 6.18. The molecule has 2 aliphatic rings. The molecule has 1 aromatic heterocycles. The molecule has 158 valence electrons. The van der Waals surface area contributed by atoms with E-state index in [1.165, 1.54) is 23.9 Å². The molecule has 1 unspecified atom stereocenters. The molecule has 2 aliphatic heterocycles. The Kier molecular flexibility index (Phi) is 8.17. The quantitative estimate of drug-likeness (QED) is 0.567. The first-order chi connectivity index (χ1) is 13.7. The minimum Gasteiger partial charge on any atom is -0.383 e. The molecule has 0 aliphatic carbocycles. The van der Waals surface area contributed by atoms with E-state index < -0.39 is 0 Å². The van der Waals surface area contributed by atoms with Crippen LogP contribution >= 0.6 is 0 Å². The molecule has 0 N–H and O–H groups in total. The van der Waals surface area contributed by atoms with Gasteiger partial charge < -0.3 is 14.5 Å². The van der Waals surface area contributed by atoms with E-state index in [1.54, 1.807) is 7.11 Å². The fourth-order valence-electron chi connectivity index (χ4n) is 4.47. The Labute approximate surface area is 168 Å². The maximum absolute atomic E-state index is 13.0. The molecule has 0 bridgehead atoms. The molecule has 1 amide bonds. The second-order valence-corrected chi connectivity index (χ2v) is 8.01. The lowest BCUT2D eigenvalue weighted by atomic mass is 9.95. The number of ether oxygens (including phenoxy) is 1. The van der Waals surface area contributed by atoms with Gasteiger partial charge in [-0.05, 0) is 68.2 Å². The molecule has 28 heavy (non-hydrogen) atoms. The van der Waals surface area contributed by atoms with Crippen LogP contribution in [0.15, 0.2) is 6.33 Å². The SMILES string of the molecule is CCN1CCCC1CN(CC1CCN(CCOC)CC1)C(=O)Cn1cnnn1. The number of carbonyl (C=O) groups excluding carboxylic acids is 1. The van der Waals surface area contributed by atoms with Crippen LogP contribution in [0.2, 0.25) is 0 Å². The van der Waals surface area contributed by atoms with Crippen molar-refractivity contribution in [3.05, 3.63) is 6.33 Å². The summed E-state index contributed by atoms with van der Waals surface area (Å²) in [6, 6.07) is 0.476. The highest BCUT2D eigenvalue weighted by Crippen LogP contribution is 2.22. The Hall–Kier alpha value is -1.58. The van der Waals surface area contributed by atoms with Crippen molar-refractivity contribution in [1.82, 2.24) is 34.9 Å². The van der Waals surface area contributed by atoms with Gasteiger partial charge >= 0.3 is 0 Å². The molecule has 0 radical (unpaired) electrons. The molecule has 2 saturated heterocycles. The highest BCUT2D eigenvalue weighted by molar-refractivity contribution is 5.76. The highest BCUT2D eigenvalue weighted by atomic mass is 16.5. The van der Waals surface area contributed by atoms with Gasteiger partial charge in [0.1, 0.15) is 12.9 Å². The first-order valence-electron chi connectivity index (χ1n) is 10.6. The van der Waals surface area contributed by atoms with Crippen LogP contribution in [0.3, 0.4) is 0 Å². The van der Waals surface area contributed by atoms with Crippen LogP contribution in [-0.2, 0) is 16.1 Å². The minimum atomic E-state index is 0.122. The molecule has 0 spiro atoms. The molecule has 0 aromatic carbocycles. The van der Waals surface area contributed by atoms with Gasteiger partial charge in [-0.2, -0.15) is 0 Å². The van der Waals surface area contributed by atoms with E-state index in [9.17, 15) is 4.79 Å². The Balaban J connectivity index is 1.57. The van der Waals surface area contributed by atoms with E-state index in [-0.39, 0.29) is 12.5 Å². The molecule has 9 nitrogen and oxygen atoms in total. The van der Waals surface area contributed by atoms with Crippen LogP contribution < -0.4 is 0 Å². The van der Waals surface area contributed by atoms with Crippen molar-refractivity contribution in [2.75, 3.05) is 59.5 Å². The summed E-state index contributed by atoms with van der Waals surface area (Å²) in [6.07, 6.45) is 6.20. The predicted molar refractivity (Wildman–Crippen MR) is 106 cm³/mol. The van der Waals surface area contributed by atoms with Gasteiger partial charge in [0.2, 0.25) is 5.91 Å². The summed E-state index contributed by atoms with van der Waals surface area (Å²) in [7, 11) is 1.75. The number of methoxy groups -OCH3 is 1. The zero-order valence-electron chi connectivity index (χ0n) is 17.4. The van der Waals surface area contributed by atoms with E-state index in [0.717, 1.165) is 65.3 Å². The van der Waals surface area contributed by atoms with Crippen LogP contribution in [0.4, 0.5) is 0 Å². The largest absolute Gasteiger partial charge is 0.383 e. The number of likely N-dealkylation sites (N-methyl/N-ethyl adjacent to an activating group) is 1. The fourth-order valence-corrected chi connectivity index (χ4v) is 4.47. The number of piperidine rings is 1. The minimum absolute atomic E-state index is 0.122. The average Bonchev–Trinajstić information content (AvgIpc) is 3.38. The number of carbonyl (C=O) groups is 1. The number of hydrogen-bond donors (Lipinski definition) is 0. The Morgan fingerprint density at radius 3 is 2.71 bits per heavy atom. The molecule has 0 saturated carbocycles. The van der Waals surface area contributed by atoms with Crippen molar-refractivity contribution < 1.29 is 9.53 Å². The first kappa shape index (κ1) is 21.1. The van der Waals surface area contributed by atoms with Gasteiger partial charge in [0, 0.05) is 32.8 Å². The van der Waals surface area contributed by atoms with Crippen molar-refractivity contribution in [3.8, 4) is 0 Å². The maximum atomic E-state index is 13.0. The summed E-state index contributed by atoms with van der Waals surface area (Å²) < 4.78 is 6.72. The molecule has 1 atom stereocenters. The van der Waals surface area contributed by atoms with Crippen molar-refractivity contribution in [2.24, 2.45) is 5.92 Å². The third kappa shape index (κ3) is 5.96. The summed E-state index contributed by atoms with van der Waals surface area (Å²) >= 11 is 0. The summed E-state index contributed by atoms with van der Waals surface area (Å²) in [5.74, 6) is 0.685. The van der Waals surface area contributed by atoms with Crippen LogP contribution in [-0.4, -0.2) is 106 Å². The molecule has 9 heteroatoms. The van der Waals surface area contributed by atoms with Crippen molar-refractivity contribution in [2.45, 2.75) is 45.2 Å². The number of likely N-dealkylation sites (tertiary alicyclic amines) is 2. The van der Waals surface area contributed by atoms with E-state index in [4.69, 9.17) is 4.74 Å². The van der Waals surface area contributed by atoms with Crippen LogP contribution in [0.1, 0.15) is 32.6 Å². The van der Waals surface area contributed by atoms with Crippen molar-refractivity contribution in [3.63, 3.8) is 0 Å². The second kappa shape index (κ2) is 10.8. The molecule has 1 aromatic rings. The highest BCUT2D eigenvalue weighted by Gasteiger charge is 2.29. The Morgan fingerprint density at radius 1 is 1.21 bits per heavy atom. The molecular formula is C19H35N7O2. The molecule has 3 rings (SSSR count). The van der Waals surface area contributed by atoms with Gasteiger partial charge in [-0.25, -0.2) is 4.68 Å². The molecule has 2 fully saturated rings. The number of hydrogen-bond acceptors (Lipinski definition) is 7. The van der Waals surface area contributed by atoms with Crippen LogP contribution in [0.5, 0.6) is 0 Å². The summed E-state index contributed by atoms with van der Waals surface area (Å²) in [4.78, 5) is 20.1. The molecular weight excluding hydrogens is 358 g/mol. The lowest BCUT2D eigenvalue weighted by Crippen LogP contribution is -2.47. The van der Waals surface area contributed by atoms with Gasteiger partial charge in [-0.15, -0.1) is 5.10 Å². The van der Waals surface area contributed by atoms with Crippen molar-refractivity contribution in [1.29, 1.82) is 0 Å². The van der Waals surface area contributed by atoms with Gasteiger partial charge in [0.05, 0.1) is 6.61 Å². The normalized spacial score (nSPS) is 22.0. The van der Waals surface area contributed by atoms with E-state index in [1.807, 2.05) is 0 Å². The lowest BCUT2D eigenvalue weighted by molar-refractivity contribution is -0.133. The number of nitrogens with zero attached hydrogens (tertiary/aromatic N) is 7. The number of aromatic nitrogens is 4. The van der Waals surface area contributed by atoms with E-state index >= 15 is 0 Å².